The highest BCUT2D eigenvalue weighted by Gasteiger charge is 2.18. The molecule has 1 aliphatic carbocycles. The van der Waals surface area contributed by atoms with Crippen LogP contribution in [0, 0.1) is 5.92 Å². The van der Waals surface area contributed by atoms with Crippen molar-refractivity contribution in [2.75, 3.05) is 20.2 Å². The van der Waals surface area contributed by atoms with Crippen LogP contribution in [0.2, 0.25) is 0 Å². The minimum absolute atomic E-state index is 0.00167. The van der Waals surface area contributed by atoms with Crippen LogP contribution in [0.4, 0.5) is 0 Å². The van der Waals surface area contributed by atoms with Crippen LogP contribution in [-0.2, 0) is 14.8 Å². The first-order valence-corrected chi connectivity index (χ1v) is 9.07. The Labute approximate surface area is 137 Å². The molecule has 23 heavy (non-hydrogen) atoms. The zero-order chi connectivity index (χ0) is 16.7. The average molecular weight is 338 g/mol. The number of methoxy groups -OCH3 is 1. The van der Waals surface area contributed by atoms with Crippen molar-refractivity contribution in [3.8, 4) is 5.75 Å². The first-order valence-electron chi connectivity index (χ1n) is 7.59. The summed E-state index contributed by atoms with van der Waals surface area (Å²) in [4.78, 5) is 12.1. The predicted octanol–water partition coefficient (Wildman–Crippen LogP) is 1.45. The van der Waals surface area contributed by atoms with Gasteiger partial charge < -0.3 is 10.1 Å². The number of hydrogen-bond acceptors (Lipinski definition) is 4. The number of nitrogens with one attached hydrogen (secondary N) is 2. The van der Waals surface area contributed by atoms with E-state index in [2.05, 4.69) is 16.1 Å². The number of benzene rings is 1. The molecule has 1 unspecified atom stereocenters. The van der Waals surface area contributed by atoms with Crippen LogP contribution >= 0.6 is 0 Å². The smallest absolute Gasteiger partial charge is 0.240 e. The quantitative estimate of drug-likeness (QED) is 0.582. The Bertz CT molecular complexity index is 653. The number of carbonyl (C=O) groups is 1. The standard InChI is InChI=1S/C16H22N2O4S/c1-22-14-7-9-15(10-8-14)23(20,21)18-12-11-17-16(19)13-5-3-2-4-6-13/h2-3,7-10,13,18H,4-6,11-12H2,1H3,(H,17,19). The Morgan fingerprint density at radius 3 is 2.57 bits per heavy atom. The maximum Gasteiger partial charge on any atom is 0.240 e. The number of carbonyl (C=O) groups excluding carboxylic acids is 1. The first kappa shape index (κ1) is 17.5. The van der Waals surface area contributed by atoms with Crippen LogP contribution in [0.15, 0.2) is 41.3 Å². The minimum atomic E-state index is -3.58. The third kappa shape index (κ3) is 5.07. The molecule has 0 aromatic heterocycles. The van der Waals surface area contributed by atoms with Crippen LogP contribution in [0.5, 0.6) is 5.75 Å². The van der Waals surface area contributed by atoms with Gasteiger partial charge in [0.2, 0.25) is 15.9 Å². The van der Waals surface area contributed by atoms with Crippen LogP contribution in [0.25, 0.3) is 0 Å². The summed E-state index contributed by atoms with van der Waals surface area (Å²) in [5.74, 6) is 0.578. The van der Waals surface area contributed by atoms with E-state index >= 15 is 0 Å². The van der Waals surface area contributed by atoms with Gasteiger partial charge in [-0.2, -0.15) is 0 Å². The summed E-state index contributed by atoms with van der Waals surface area (Å²) in [7, 11) is -2.06. The number of ether oxygens (including phenoxy) is 1. The first-order chi connectivity index (χ1) is 11.0. The molecule has 2 rings (SSSR count). The van der Waals surface area contributed by atoms with Crippen LogP contribution < -0.4 is 14.8 Å². The van der Waals surface area contributed by atoms with Crippen molar-refractivity contribution in [3.63, 3.8) is 0 Å². The maximum atomic E-state index is 12.1. The van der Waals surface area contributed by atoms with E-state index in [0.29, 0.717) is 5.75 Å². The fraction of sp³-hybridized carbons (Fsp3) is 0.438. The molecule has 2 N–H and O–H groups in total. The van der Waals surface area contributed by atoms with E-state index in [0.717, 1.165) is 19.3 Å². The predicted molar refractivity (Wildman–Crippen MR) is 87.7 cm³/mol. The lowest BCUT2D eigenvalue weighted by Gasteiger charge is -2.17. The van der Waals surface area contributed by atoms with Gasteiger partial charge in [0.1, 0.15) is 5.75 Å². The van der Waals surface area contributed by atoms with Gasteiger partial charge in [-0.1, -0.05) is 12.2 Å². The molecule has 1 aliphatic rings. The van der Waals surface area contributed by atoms with Gasteiger partial charge in [-0.3, -0.25) is 4.79 Å². The molecule has 0 saturated carbocycles. The summed E-state index contributed by atoms with van der Waals surface area (Å²) >= 11 is 0. The Balaban J connectivity index is 1.78. The van der Waals surface area contributed by atoms with E-state index in [1.165, 1.54) is 19.2 Å². The van der Waals surface area contributed by atoms with Crippen LogP contribution in [-0.4, -0.2) is 34.5 Å². The van der Waals surface area contributed by atoms with Gasteiger partial charge in [0.15, 0.2) is 0 Å². The molecular weight excluding hydrogens is 316 g/mol. The number of allylic oxidation sites excluding steroid dienone is 2. The molecule has 126 valence electrons. The van der Waals surface area contributed by atoms with Gasteiger partial charge in [0, 0.05) is 19.0 Å². The van der Waals surface area contributed by atoms with Gasteiger partial charge >= 0.3 is 0 Å². The van der Waals surface area contributed by atoms with Crippen LogP contribution in [0.1, 0.15) is 19.3 Å². The highest BCUT2D eigenvalue weighted by molar-refractivity contribution is 7.89. The molecule has 1 atom stereocenters. The monoisotopic (exact) mass is 338 g/mol. The van der Waals surface area contributed by atoms with Gasteiger partial charge in [-0.25, -0.2) is 13.1 Å². The van der Waals surface area contributed by atoms with E-state index in [1.807, 2.05) is 6.08 Å². The van der Waals surface area contributed by atoms with Crippen LogP contribution in [0.3, 0.4) is 0 Å². The number of sulfonamides is 1. The Morgan fingerprint density at radius 1 is 1.22 bits per heavy atom. The molecule has 6 nitrogen and oxygen atoms in total. The van der Waals surface area contributed by atoms with Crippen molar-refractivity contribution < 1.29 is 17.9 Å². The van der Waals surface area contributed by atoms with E-state index in [1.54, 1.807) is 12.1 Å². The van der Waals surface area contributed by atoms with E-state index in [4.69, 9.17) is 4.74 Å². The van der Waals surface area contributed by atoms with Crippen molar-refractivity contribution in [1.29, 1.82) is 0 Å². The molecule has 0 heterocycles. The van der Waals surface area contributed by atoms with Crippen molar-refractivity contribution in [1.82, 2.24) is 10.0 Å². The van der Waals surface area contributed by atoms with Gasteiger partial charge in [-0.05, 0) is 43.5 Å². The second-order valence-electron chi connectivity index (χ2n) is 5.35. The lowest BCUT2D eigenvalue weighted by atomic mass is 9.94. The van der Waals surface area contributed by atoms with Crippen molar-refractivity contribution in [2.45, 2.75) is 24.2 Å². The SMILES string of the molecule is COc1ccc(S(=O)(=O)NCCNC(=O)C2CC=CCC2)cc1. The molecule has 1 amide bonds. The minimum Gasteiger partial charge on any atom is -0.497 e. The normalized spacial score (nSPS) is 17.7. The Hall–Kier alpha value is -1.86. The Morgan fingerprint density at radius 2 is 1.96 bits per heavy atom. The molecule has 0 radical (unpaired) electrons. The fourth-order valence-corrected chi connectivity index (χ4v) is 3.42. The van der Waals surface area contributed by atoms with Gasteiger partial charge in [0.25, 0.3) is 0 Å². The van der Waals surface area contributed by atoms with Crippen molar-refractivity contribution in [2.24, 2.45) is 5.92 Å². The average Bonchev–Trinajstić information content (AvgIpc) is 2.59. The summed E-state index contributed by atoms with van der Waals surface area (Å²) in [6.07, 6.45) is 6.61. The molecule has 0 bridgehead atoms. The molecule has 7 heteroatoms. The highest BCUT2D eigenvalue weighted by Crippen LogP contribution is 2.18. The van der Waals surface area contributed by atoms with E-state index < -0.39 is 10.0 Å². The molecule has 0 fully saturated rings. The molecule has 0 spiro atoms. The van der Waals surface area contributed by atoms with Gasteiger partial charge in [-0.15, -0.1) is 0 Å². The van der Waals surface area contributed by atoms with Crippen molar-refractivity contribution in [3.05, 3.63) is 36.4 Å². The molecule has 1 aromatic carbocycles. The zero-order valence-electron chi connectivity index (χ0n) is 13.1. The molecule has 1 aromatic rings. The zero-order valence-corrected chi connectivity index (χ0v) is 13.9. The lowest BCUT2D eigenvalue weighted by molar-refractivity contribution is -0.125. The summed E-state index contributed by atoms with van der Waals surface area (Å²) in [6, 6.07) is 6.14. The number of amides is 1. The highest BCUT2D eigenvalue weighted by atomic mass is 32.2. The topological polar surface area (TPSA) is 84.5 Å². The van der Waals surface area contributed by atoms with E-state index in [9.17, 15) is 13.2 Å². The Kier molecular flexibility index (Phi) is 6.18. The molecular formula is C16H22N2O4S. The fourth-order valence-electron chi connectivity index (χ4n) is 2.39. The second kappa shape index (κ2) is 8.12. The summed E-state index contributed by atoms with van der Waals surface area (Å²) < 4.78 is 31.7. The summed E-state index contributed by atoms with van der Waals surface area (Å²) in [5, 5.41) is 2.77. The summed E-state index contributed by atoms with van der Waals surface area (Å²) in [6.45, 7) is 0.428. The second-order valence-corrected chi connectivity index (χ2v) is 7.11. The third-order valence-electron chi connectivity index (χ3n) is 3.73. The van der Waals surface area contributed by atoms with E-state index in [-0.39, 0.29) is 29.8 Å². The number of rotatable bonds is 7. The molecule has 0 aliphatic heterocycles. The lowest BCUT2D eigenvalue weighted by Crippen LogP contribution is -2.37. The van der Waals surface area contributed by atoms with Crippen molar-refractivity contribution >= 4 is 15.9 Å². The third-order valence-corrected chi connectivity index (χ3v) is 5.20. The van der Waals surface area contributed by atoms with Gasteiger partial charge in [0.05, 0.1) is 12.0 Å². The summed E-state index contributed by atoms with van der Waals surface area (Å²) in [5.41, 5.74) is 0. The number of hydrogen-bond donors (Lipinski definition) is 2. The maximum absolute atomic E-state index is 12.1. The molecule has 0 saturated heterocycles. The largest absolute Gasteiger partial charge is 0.497 e.